The third-order valence-corrected chi connectivity index (χ3v) is 6.93. The summed E-state index contributed by atoms with van der Waals surface area (Å²) < 4.78 is 35.0. The number of nitrogens with zero attached hydrogens (tertiary/aromatic N) is 1. The van der Waals surface area contributed by atoms with E-state index < -0.39 is 33.8 Å². The number of amides is 2. The second-order valence-corrected chi connectivity index (χ2v) is 9.78. The van der Waals surface area contributed by atoms with Crippen LogP contribution in [-0.4, -0.2) is 44.1 Å². The molecule has 0 N–H and O–H groups in total. The number of rotatable bonds is 6. The lowest BCUT2D eigenvalue weighted by molar-refractivity contribution is -0.143. The van der Waals surface area contributed by atoms with Crippen LogP contribution >= 0.6 is 27.7 Å². The van der Waals surface area contributed by atoms with Crippen molar-refractivity contribution in [2.75, 3.05) is 13.7 Å². The van der Waals surface area contributed by atoms with Crippen LogP contribution in [0.1, 0.15) is 11.1 Å². The first-order chi connectivity index (χ1) is 14.6. The van der Waals surface area contributed by atoms with Crippen LogP contribution in [0.2, 0.25) is 0 Å². The van der Waals surface area contributed by atoms with E-state index in [1.807, 2.05) is 6.92 Å². The maximum atomic E-state index is 12.5. The van der Waals surface area contributed by atoms with Crippen LogP contribution in [0.25, 0.3) is 6.08 Å². The van der Waals surface area contributed by atoms with E-state index in [-0.39, 0.29) is 15.6 Å². The van der Waals surface area contributed by atoms with E-state index in [4.69, 9.17) is 4.18 Å². The van der Waals surface area contributed by atoms with Gasteiger partial charge < -0.3 is 8.92 Å². The molecule has 1 heterocycles. The summed E-state index contributed by atoms with van der Waals surface area (Å²) in [5, 5.41) is -0.579. The molecule has 2 aromatic carbocycles. The topological polar surface area (TPSA) is 107 Å². The normalized spacial score (nSPS) is 15.5. The Bertz CT molecular complexity index is 1190. The first-order valence-electron chi connectivity index (χ1n) is 8.73. The molecule has 1 aliphatic rings. The van der Waals surface area contributed by atoms with E-state index in [1.54, 1.807) is 24.3 Å². The van der Waals surface area contributed by atoms with Gasteiger partial charge in [-0.1, -0.05) is 23.8 Å². The second kappa shape index (κ2) is 9.25. The zero-order chi connectivity index (χ0) is 22.8. The van der Waals surface area contributed by atoms with Crippen LogP contribution in [0.4, 0.5) is 4.79 Å². The number of thioether (sulfide) groups is 1. The second-order valence-electron chi connectivity index (χ2n) is 6.38. The lowest BCUT2D eigenvalue weighted by Gasteiger charge is -2.10. The molecule has 1 fully saturated rings. The fourth-order valence-corrected chi connectivity index (χ4v) is 4.90. The number of carbonyl (C=O) groups is 3. The Labute approximate surface area is 191 Å². The van der Waals surface area contributed by atoms with Crippen molar-refractivity contribution in [1.29, 1.82) is 0 Å². The third-order valence-electron chi connectivity index (χ3n) is 4.15. The molecule has 0 aliphatic carbocycles. The lowest BCUT2D eigenvalue weighted by atomic mass is 10.2. The molecule has 2 amide bonds. The fraction of sp³-hybridized carbons (Fsp3) is 0.150. The standard InChI is InChI=1S/C20H16BrNO7S2/c1-12-3-6-14(7-4-12)31(26,27)29-16-8-5-13(9-15(16)21)10-17-19(24)22(20(25)30-17)11-18(23)28-2/h3-10H,11H2,1-2H3/b17-10-. The number of esters is 1. The number of halogens is 1. The fourth-order valence-electron chi connectivity index (χ4n) is 2.53. The number of ether oxygens (including phenoxy) is 1. The van der Waals surface area contributed by atoms with Gasteiger partial charge in [-0.15, -0.1) is 0 Å². The molecule has 0 unspecified atom stereocenters. The van der Waals surface area contributed by atoms with Crippen molar-refractivity contribution >= 4 is 61.0 Å². The molecule has 0 spiro atoms. The van der Waals surface area contributed by atoms with Gasteiger partial charge in [0.15, 0.2) is 5.75 Å². The van der Waals surface area contributed by atoms with Crippen molar-refractivity contribution in [2.24, 2.45) is 0 Å². The first-order valence-corrected chi connectivity index (χ1v) is 11.8. The van der Waals surface area contributed by atoms with Gasteiger partial charge in [-0.2, -0.15) is 8.42 Å². The summed E-state index contributed by atoms with van der Waals surface area (Å²) in [4.78, 5) is 36.7. The highest BCUT2D eigenvalue weighted by atomic mass is 79.9. The van der Waals surface area contributed by atoms with Gasteiger partial charge in [0.2, 0.25) is 0 Å². The van der Waals surface area contributed by atoms with Crippen molar-refractivity contribution in [3.05, 3.63) is 63.0 Å². The van der Waals surface area contributed by atoms with E-state index >= 15 is 0 Å². The Morgan fingerprint density at radius 1 is 1.16 bits per heavy atom. The van der Waals surface area contributed by atoms with Crippen LogP contribution in [0.15, 0.2) is 56.7 Å². The van der Waals surface area contributed by atoms with Crippen molar-refractivity contribution in [1.82, 2.24) is 4.90 Å². The number of carbonyl (C=O) groups excluding carboxylic acids is 3. The van der Waals surface area contributed by atoms with E-state index in [2.05, 4.69) is 20.7 Å². The molecule has 11 heteroatoms. The van der Waals surface area contributed by atoms with E-state index in [0.29, 0.717) is 21.8 Å². The third kappa shape index (κ3) is 5.35. The predicted molar refractivity (Wildman–Crippen MR) is 118 cm³/mol. The molecule has 31 heavy (non-hydrogen) atoms. The summed E-state index contributed by atoms with van der Waals surface area (Å²) in [6.07, 6.45) is 1.46. The highest BCUT2D eigenvalue weighted by Crippen LogP contribution is 2.34. The van der Waals surface area contributed by atoms with E-state index in [9.17, 15) is 22.8 Å². The van der Waals surface area contributed by atoms with Crippen LogP contribution in [0.3, 0.4) is 0 Å². The number of aryl methyl sites for hydroxylation is 1. The van der Waals surface area contributed by atoms with Crippen molar-refractivity contribution in [3.8, 4) is 5.75 Å². The summed E-state index contributed by atoms with van der Waals surface area (Å²) in [5.74, 6) is -1.25. The van der Waals surface area contributed by atoms with Gasteiger partial charge in [-0.05, 0) is 70.5 Å². The Morgan fingerprint density at radius 3 is 2.45 bits per heavy atom. The van der Waals surface area contributed by atoms with Gasteiger partial charge in [0.25, 0.3) is 11.1 Å². The highest BCUT2D eigenvalue weighted by molar-refractivity contribution is 9.10. The minimum absolute atomic E-state index is 0.0216. The van der Waals surface area contributed by atoms with E-state index in [0.717, 1.165) is 17.6 Å². The summed E-state index contributed by atoms with van der Waals surface area (Å²) in [5.41, 5.74) is 1.44. The predicted octanol–water partition coefficient (Wildman–Crippen LogP) is 3.73. The monoisotopic (exact) mass is 525 g/mol. The molecule has 162 valence electrons. The maximum Gasteiger partial charge on any atom is 0.339 e. The summed E-state index contributed by atoms with van der Waals surface area (Å²) >= 11 is 3.96. The van der Waals surface area contributed by atoms with Crippen LogP contribution in [0.5, 0.6) is 5.75 Å². The van der Waals surface area contributed by atoms with Gasteiger partial charge >= 0.3 is 16.1 Å². The highest BCUT2D eigenvalue weighted by Gasteiger charge is 2.36. The van der Waals surface area contributed by atoms with Crippen molar-refractivity contribution < 1.29 is 31.7 Å². The van der Waals surface area contributed by atoms with Crippen molar-refractivity contribution in [2.45, 2.75) is 11.8 Å². The summed E-state index contributed by atoms with van der Waals surface area (Å²) in [7, 11) is -2.86. The first kappa shape index (κ1) is 23.0. The zero-order valence-corrected chi connectivity index (χ0v) is 19.5. The molecule has 1 aliphatic heterocycles. The zero-order valence-electron chi connectivity index (χ0n) is 16.3. The quantitative estimate of drug-likeness (QED) is 0.319. The molecule has 3 rings (SSSR count). The number of hydrogen-bond donors (Lipinski definition) is 0. The number of benzene rings is 2. The Balaban J connectivity index is 1.79. The van der Waals surface area contributed by atoms with Crippen LogP contribution < -0.4 is 4.18 Å². The number of methoxy groups -OCH3 is 1. The Hall–Kier alpha value is -2.63. The van der Waals surface area contributed by atoms with Crippen LogP contribution in [0, 0.1) is 6.92 Å². The Kier molecular flexibility index (Phi) is 6.87. The minimum atomic E-state index is -4.02. The molecular formula is C20H16BrNO7S2. The largest absolute Gasteiger partial charge is 0.468 e. The minimum Gasteiger partial charge on any atom is -0.468 e. The molecule has 0 radical (unpaired) electrons. The Morgan fingerprint density at radius 2 is 1.84 bits per heavy atom. The molecule has 0 aromatic heterocycles. The molecule has 0 bridgehead atoms. The average molecular weight is 526 g/mol. The lowest BCUT2D eigenvalue weighted by Crippen LogP contribution is -2.34. The van der Waals surface area contributed by atoms with Gasteiger partial charge in [0.05, 0.1) is 16.5 Å². The van der Waals surface area contributed by atoms with Gasteiger partial charge in [0.1, 0.15) is 11.4 Å². The number of hydrogen-bond acceptors (Lipinski definition) is 8. The summed E-state index contributed by atoms with van der Waals surface area (Å²) in [6.45, 7) is 1.38. The van der Waals surface area contributed by atoms with Gasteiger partial charge in [0, 0.05) is 0 Å². The smallest absolute Gasteiger partial charge is 0.339 e. The van der Waals surface area contributed by atoms with Crippen molar-refractivity contribution in [3.63, 3.8) is 0 Å². The van der Waals surface area contributed by atoms with Crippen LogP contribution in [-0.2, 0) is 24.4 Å². The van der Waals surface area contributed by atoms with Gasteiger partial charge in [-0.3, -0.25) is 19.3 Å². The maximum absolute atomic E-state index is 12.5. The SMILES string of the molecule is COC(=O)CN1C(=O)S/C(=C\c2ccc(OS(=O)(=O)c3ccc(C)cc3)c(Br)c2)C1=O. The summed E-state index contributed by atoms with van der Waals surface area (Å²) in [6, 6.07) is 10.8. The average Bonchev–Trinajstić information content (AvgIpc) is 2.97. The molecule has 1 saturated heterocycles. The molecule has 0 saturated carbocycles. The molecular weight excluding hydrogens is 510 g/mol. The molecule has 8 nitrogen and oxygen atoms in total. The molecule has 2 aromatic rings. The number of imide groups is 1. The van der Waals surface area contributed by atoms with Gasteiger partial charge in [-0.25, -0.2) is 0 Å². The molecule has 0 atom stereocenters. The van der Waals surface area contributed by atoms with E-state index in [1.165, 1.54) is 24.3 Å².